The van der Waals surface area contributed by atoms with Crippen molar-refractivity contribution in [2.45, 2.75) is 40.2 Å². The number of nitrogens with one attached hydrogen (secondary N) is 1. The van der Waals surface area contributed by atoms with Crippen LogP contribution in [0, 0.1) is 12.8 Å². The fourth-order valence-electron chi connectivity index (χ4n) is 1.26. The van der Waals surface area contributed by atoms with Crippen molar-refractivity contribution >= 4 is 5.82 Å². The molecule has 3 heteroatoms. The number of aromatic nitrogens is 2. The zero-order chi connectivity index (χ0) is 10.6. The molecule has 1 aromatic heterocycles. The van der Waals surface area contributed by atoms with Crippen LogP contribution in [0.3, 0.4) is 0 Å². The van der Waals surface area contributed by atoms with Crippen molar-refractivity contribution < 1.29 is 0 Å². The summed E-state index contributed by atoms with van der Waals surface area (Å²) in [5, 5.41) is 3.38. The van der Waals surface area contributed by atoms with Gasteiger partial charge in [-0.3, -0.25) is 0 Å². The molecule has 0 fully saturated rings. The van der Waals surface area contributed by atoms with Crippen LogP contribution in [0.1, 0.15) is 32.9 Å². The van der Waals surface area contributed by atoms with Crippen molar-refractivity contribution in [2.75, 3.05) is 5.32 Å². The molecule has 2 atom stereocenters. The maximum atomic E-state index is 4.17. The van der Waals surface area contributed by atoms with Gasteiger partial charge in [-0.2, -0.15) is 0 Å². The number of hydrogen-bond donors (Lipinski definition) is 1. The first-order valence-corrected chi connectivity index (χ1v) is 5.18. The number of anilines is 1. The lowest BCUT2D eigenvalue weighted by molar-refractivity contribution is 0.493. The zero-order valence-corrected chi connectivity index (χ0v) is 9.41. The van der Waals surface area contributed by atoms with Crippen LogP contribution in [-0.2, 0) is 0 Å². The molecule has 0 radical (unpaired) electrons. The summed E-state index contributed by atoms with van der Waals surface area (Å²) < 4.78 is 0. The Hall–Kier alpha value is -1.12. The van der Waals surface area contributed by atoms with Crippen molar-refractivity contribution in [2.24, 2.45) is 5.92 Å². The minimum Gasteiger partial charge on any atom is -0.367 e. The van der Waals surface area contributed by atoms with Crippen LogP contribution < -0.4 is 5.32 Å². The van der Waals surface area contributed by atoms with Crippen LogP contribution in [0.4, 0.5) is 5.82 Å². The normalized spacial score (nSPS) is 14.9. The van der Waals surface area contributed by atoms with E-state index in [1.165, 1.54) is 6.42 Å². The maximum Gasteiger partial charge on any atom is 0.129 e. The molecule has 0 bridgehead atoms. The average molecular weight is 193 g/mol. The van der Waals surface area contributed by atoms with Crippen LogP contribution in [0.5, 0.6) is 0 Å². The molecule has 0 aliphatic carbocycles. The Bertz CT molecular complexity index is 286. The molecule has 1 heterocycles. The molecule has 1 N–H and O–H groups in total. The molecular formula is C11H19N3. The van der Waals surface area contributed by atoms with Crippen LogP contribution in [0.25, 0.3) is 0 Å². The summed E-state index contributed by atoms with van der Waals surface area (Å²) in [5.74, 6) is 1.58. The highest BCUT2D eigenvalue weighted by molar-refractivity contribution is 5.35. The summed E-state index contributed by atoms with van der Waals surface area (Å²) in [6.45, 7) is 8.60. The first kappa shape index (κ1) is 11.0. The number of aryl methyl sites for hydroxylation is 1. The van der Waals surface area contributed by atoms with E-state index in [1.54, 1.807) is 6.33 Å². The number of hydrogen-bond acceptors (Lipinski definition) is 3. The summed E-state index contributed by atoms with van der Waals surface area (Å²) in [7, 11) is 0. The topological polar surface area (TPSA) is 37.8 Å². The first-order valence-electron chi connectivity index (χ1n) is 5.18. The molecule has 0 aliphatic heterocycles. The third-order valence-corrected chi connectivity index (χ3v) is 2.68. The highest BCUT2D eigenvalue weighted by Gasteiger charge is 2.09. The monoisotopic (exact) mass is 193 g/mol. The van der Waals surface area contributed by atoms with E-state index in [0.29, 0.717) is 12.0 Å². The van der Waals surface area contributed by atoms with E-state index in [9.17, 15) is 0 Å². The van der Waals surface area contributed by atoms with E-state index in [0.717, 1.165) is 11.5 Å². The zero-order valence-electron chi connectivity index (χ0n) is 9.41. The highest BCUT2D eigenvalue weighted by Crippen LogP contribution is 2.12. The second-order valence-electron chi connectivity index (χ2n) is 3.86. The fourth-order valence-corrected chi connectivity index (χ4v) is 1.26. The summed E-state index contributed by atoms with van der Waals surface area (Å²) in [5.41, 5.74) is 0.999. The molecule has 2 unspecified atom stereocenters. The van der Waals surface area contributed by atoms with Gasteiger partial charge in [0, 0.05) is 17.8 Å². The van der Waals surface area contributed by atoms with E-state index in [-0.39, 0.29) is 0 Å². The van der Waals surface area contributed by atoms with Gasteiger partial charge in [0.15, 0.2) is 0 Å². The van der Waals surface area contributed by atoms with Gasteiger partial charge in [-0.1, -0.05) is 20.3 Å². The van der Waals surface area contributed by atoms with E-state index in [2.05, 4.69) is 36.1 Å². The van der Waals surface area contributed by atoms with Crippen molar-refractivity contribution in [1.29, 1.82) is 0 Å². The molecule has 0 saturated carbocycles. The van der Waals surface area contributed by atoms with Gasteiger partial charge in [0.25, 0.3) is 0 Å². The molecule has 3 nitrogen and oxygen atoms in total. The molecular weight excluding hydrogens is 174 g/mol. The van der Waals surface area contributed by atoms with Crippen molar-refractivity contribution in [3.63, 3.8) is 0 Å². The van der Waals surface area contributed by atoms with Crippen LogP contribution in [0.2, 0.25) is 0 Å². The Morgan fingerprint density at radius 3 is 2.64 bits per heavy atom. The van der Waals surface area contributed by atoms with Gasteiger partial charge in [-0.15, -0.1) is 0 Å². The second-order valence-corrected chi connectivity index (χ2v) is 3.86. The molecule has 78 valence electrons. The largest absolute Gasteiger partial charge is 0.367 e. The lowest BCUT2D eigenvalue weighted by atomic mass is 10.0. The van der Waals surface area contributed by atoms with E-state index >= 15 is 0 Å². The van der Waals surface area contributed by atoms with Gasteiger partial charge < -0.3 is 5.32 Å². The van der Waals surface area contributed by atoms with Crippen molar-refractivity contribution in [1.82, 2.24) is 9.97 Å². The average Bonchev–Trinajstić information content (AvgIpc) is 2.16. The standard InChI is InChI=1S/C11H19N3/c1-5-8(2)10(4)14-11-6-9(3)12-7-13-11/h6-8,10H,5H2,1-4H3,(H,12,13,14). The Kier molecular flexibility index (Phi) is 3.86. The lowest BCUT2D eigenvalue weighted by Gasteiger charge is -2.20. The summed E-state index contributed by atoms with van der Waals surface area (Å²) in [4.78, 5) is 8.24. The number of nitrogens with zero attached hydrogens (tertiary/aromatic N) is 2. The predicted octanol–water partition coefficient (Wildman–Crippen LogP) is 2.63. The predicted molar refractivity (Wildman–Crippen MR) is 59.3 cm³/mol. The highest BCUT2D eigenvalue weighted by atomic mass is 15.0. The van der Waals surface area contributed by atoms with Gasteiger partial charge in [0.05, 0.1) is 0 Å². The molecule has 0 aromatic carbocycles. The molecule has 1 aromatic rings. The van der Waals surface area contributed by atoms with Gasteiger partial charge in [0.2, 0.25) is 0 Å². The third-order valence-electron chi connectivity index (χ3n) is 2.68. The van der Waals surface area contributed by atoms with Gasteiger partial charge >= 0.3 is 0 Å². The van der Waals surface area contributed by atoms with E-state index < -0.39 is 0 Å². The quantitative estimate of drug-likeness (QED) is 0.798. The second kappa shape index (κ2) is 4.94. The SMILES string of the molecule is CCC(C)C(C)Nc1cc(C)ncn1. The molecule has 0 aliphatic rings. The Balaban J connectivity index is 2.60. The van der Waals surface area contributed by atoms with E-state index in [4.69, 9.17) is 0 Å². The number of rotatable bonds is 4. The van der Waals surface area contributed by atoms with Gasteiger partial charge in [-0.05, 0) is 19.8 Å². The summed E-state index contributed by atoms with van der Waals surface area (Å²) in [6, 6.07) is 2.42. The van der Waals surface area contributed by atoms with Crippen molar-refractivity contribution in [3.05, 3.63) is 18.1 Å². The maximum absolute atomic E-state index is 4.17. The van der Waals surface area contributed by atoms with Crippen LogP contribution >= 0.6 is 0 Å². The van der Waals surface area contributed by atoms with Crippen molar-refractivity contribution in [3.8, 4) is 0 Å². The van der Waals surface area contributed by atoms with E-state index in [1.807, 2.05) is 13.0 Å². The Morgan fingerprint density at radius 2 is 2.07 bits per heavy atom. The third kappa shape index (κ3) is 2.98. The summed E-state index contributed by atoms with van der Waals surface area (Å²) in [6.07, 6.45) is 2.78. The minimum atomic E-state index is 0.453. The molecule has 14 heavy (non-hydrogen) atoms. The van der Waals surface area contributed by atoms with Crippen LogP contribution in [0.15, 0.2) is 12.4 Å². The Morgan fingerprint density at radius 1 is 1.36 bits per heavy atom. The molecule has 0 amide bonds. The van der Waals surface area contributed by atoms with Gasteiger partial charge in [-0.25, -0.2) is 9.97 Å². The molecule has 0 spiro atoms. The minimum absolute atomic E-state index is 0.453. The first-order chi connectivity index (χ1) is 6.63. The molecule has 0 saturated heterocycles. The fraction of sp³-hybridized carbons (Fsp3) is 0.636. The van der Waals surface area contributed by atoms with Crippen LogP contribution in [-0.4, -0.2) is 16.0 Å². The lowest BCUT2D eigenvalue weighted by Crippen LogP contribution is -2.23. The smallest absolute Gasteiger partial charge is 0.129 e. The molecule has 1 rings (SSSR count). The van der Waals surface area contributed by atoms with Gasteiger partial charge in [0.1, 0.15) is 12.1 Å². The summed E-state index contributed by atoms with van der Waals surface area (Å²) >= 11 is 0. The Labute approximate surface area is 86.0 Å².